The van der Waals surface area contributed by atoms with Gasteiger partial charge in [0.1, 0.15) is 24.0 Å². The van der Waals surface area contributed by atoms with E-state index >= 15 is 0 Å². The zero-order valence-corrected chi connectivity index (χ0v) is 16.0. The van der Waals surface area contributed by atoms with Gasteiger partial charge in [-0.2, -0.15) is 5.10 Å². The highest BCUT2D eigenvalue weighted by atomic mass is 16.5. The highest BCUT2D eigenvalue weighted by Gasteiger charge is 2.24. The van der Waals surface area contributed by atoms with Gasteiger partial charge in [-0.05, 0) is 50.5 Å². The number of carbonyl (C=O) groups is 1. The molecule has 0 N–H and O–H groups in total. The number of aromatic nitrogens is 4. The van der Waals surface area contributed by atoms with E-state index in [1.54, 1.807) is 11.8 Å². The van der Waals surface area contributed by atoms with E-state index in [4.69, 9.17) is 4.74 Å². The van der Waals surface area contributed by atoms with Crippen molar-refractivity contribution in [3.05, 3.63) is 47.1 Å². The van der Waals surface area contributed by atoms with Crippen LogP contribution in [0.2, 0.25) is 0 Å². The SMILES string of the molecule is COc1ccc(-n2ncc3c(=O)n(CC(=O)N4CCCC[C@H]4C)cnc32)cc1. The number of methoxy groups -OCH3 is 1. The van der Waals surface area contributed by atoms with Crippen LogP contribution < -0.4 is 10.3 Å². The van der Waals surface area contributed by atoms with Gasteiger partial charge in [-0.25, -0.2) is 9.67 Å². The van der Waals surface area contributed by atoms with Gasteiger partial charge < -0.3 is 9.64 Å². The lowest BCUT2D eigenvalue weighted by molar-refractivity contribution is -0.135. The molecule has 1 aliphatic heterocycles. The Kier molecular flexibility index (Phi) is 4.85. The minimum Gasteiger partial charge on any atom is -0.497 e. The number of nitrogens with zero attached hydrogens (tertiary/aromatic N) is 5. The second-order valence-corrected chi connectivity index (χ2v) is 7.10. The predicted octanol–water partition coefficient (Wildman–Crippen LogP) is 1.99. The first-order valence-electron chi connectivity index (χ1n) is 9.45. The number of fused-ring (bicyclic) bond motifs is 1. The monoisotopic (exact) mass is 381 g/mol. The smallest absolute Gasteiger partial charge is 0.264 e. The van der Waals surface area contributed by atoms with Crippen LogP contribution in [0.4, 0.5) is 0 Å². The van der Waals surface area contributed by atoms with E-state index in [0.717, 1.165) is 37.2 Å². The number of piperidine rings is 1. The second-order valence-electron chi connectivity index (χ2n) is 7.10. The van der Waals surface area contributed by atoms with Gasteiger partial charge in [0.15, 0.2) is 5.65 Å². The van der Waals surface area contributed by atoms with Gasteiger partial charge in [-0.1, -0.05) is 0 Å². The third-order valence-corrected chi connectivity index (χ3v) is 5.30. The van der Waals surface area contributed by atoms with Crippen LogP contribution in [0.5, 0.6) is 5.75 Å². The summed E-state index contributed by atoms with van der Waals surface area (Å²) in [5.41, 5.74) is 0.978. The molecule has 0 spiro atoms. The first-order chi connectivity index (χ1) is 13.6. The minimum absolute atomic E-state index is 0.000169. The van der Waals surface area contributed by atoms with Gasteiger partial charge in [0, 0.05) is 12.6 Å². The van der Waals surface area contributed by atoms with Crippen molar-refractivity contribution >= 4 is 16.9 Å². The topological polar surface area (TPSA) is 82.2 Å². The van der Waals surface area contributed by atoms with Crippen LogP contribution in [0.1, 0.15) is 26.2 Å². The fraction of sp³-hybridized carbons (Fsp3) is 0.400. The van der Waals surface area contributed by atoms with E-state index in [1.807, 2.05) is 29.2 Å². The number of hydrogen-bond donors (Lipinski definition) is 0. The van der Waals surface area contributed by atoms with E-state index in [0.29, 0.717) is 11.0 Å². The van der Waals surface area contributed by atoms with Gasteiger partial charge in [0.2, 0.25) is 5.91 Å². The highest BCUT2D eigenvalue weighted by Crippen LogP contribution is 2.18. The Balaban J connectivity index is 1.62. The molecule has 1 aromatic carbocycles. The summed E-state index contributed by atoms with van der Waals surface area (Å²) in [4.78, 5) is 31.8. The maximum atomic E-state index is 12.9. The molecule has 1 atom stereocenters. The van der Waals surface area contributed by atoms with Crippen LogP contribution in [0.15, 0.2) is 41.6 Å². The fourth-order valence-corrected chi connectivity index (χ4v) is 3.68. The Morgan fingerprint density at radius 2 is 2.04 bits per heavy atom. The normalized spacial score (nSPS) is 17.1. The molecule has 3 aromatic rings. The molecular formula is C20H23N5O3. The lowest BCUT2D eigenvalue weighted by atomic mass is 10.0. The lowest BCUT2D eigenvalue weighted by Crippen LogP contribution is -2.44. The molecule has 8 heteroatoms. The molecule has 0 bridgehead atoms. The largest absolute Gasteiger partial charge is 0.497 e. The van der Waals surface area contributed by atoms with Crippen LogP contribution in [-0.2, 0) is 11.3 Å². The maximum Gasteiger partial charge on any atom is 0.264 e. The number of ether oxygens (including phenoxy) is 1. The summed E-state index contributed by atoms with van der Waals surface area (Å²) in [7, 11) is 1.61. The molecule has 1 saturated heterocycles. The number of likely N-dealkylation sites (tertiary alicyclic amines) is 1. The summed E-state index contributed by atoms with van der Waals surface area (Å²) in [5, 5.41) is 4.70. The van der Waals surface area contributed by atoms with Crippen molar-refractivity contribution in [2.75, 3.05) is 13.7 Å². The number of amides is 1. The number of benzene rings is 1. The first-order valence-corrected chi connectivity index (χ1v) is 9.45. The van der Waals surface area contributed by atoms with E-state index in [1.165, 1.54) is 17.1 Å². The Bertz CT molecular complexity index is 1050. The lowest BCUT2D eigenvalue weighted by Gasteiger charge is -2.33. The molecule has 0 unspecified atom stereocenters. The molecule has 146 valence electrons. The van der Waals surface area contributed by atoms with E-state index in [2.05, 4.69) is 17.0 Å². The number of hydrogen-bond acceptors (Lipinski definition) is 5. The molecule has 0 saturated carbocycles. The molecule has 28 heavy (non-hydrogen) atoms. The average Bonchev–Trinajstić information content (AvgIpc) is 3.15. The van der Waals surface area contributed by atoms with Crippen molar-refractivity contribution < 1.29 is 9.53 Å². The van der Waals surface area contributed by atoms with Crippen molar-refractivity contribution in [1.82, 2.24) is 24.2 Å². The minimum atomic E-state index is -0.261. The quantitative estimate of drug-likeness (QED) is 0.690. The zero-order valence-electron chi connectivity index (χ0n) is 16.0. The molecule has 1 amide bonds. The predicted molar refractivity (Wildman–Crippen MR) is 105 cm³/mol. The maximum absolute atomic E-state index is 12.9. The fourth-order valence-electron chi connectivity index (χ4n) is 3.68. The Labute approximate surface area is 162 Å². The summed E-state index contributed by atoms with van der Waals surface area (Å²) < 4.78 is 8.14. The summed E-state index contributed by atoms with van der Waals surface area (Å²) >= 11 is 0. The van der Waals surface area contributed by atoms with Crippen molar-refractivity contribution in [1.29, 1.82) is 0 Å². The van der Waals surface area contributed by atoms with Crippen molar-refractivity contribution in [2.45, 2.75) is 38.8 Å². The van der Waals surface area contributed by atoms with Crippen molar-refractivity contribution in [2.24, 2.45) is 0 Å². The van der Waals surface area contributed by atoms with Gasteiger partial charge in [0.25, 0.3) is 5.56 Å². The summed E-state index contributed by atoms with van der Waals surface area (Å²) in [5.74, 6) is 0.693. The van der Waals surface area contributed by atoms with Crippen molar-refractivity contribution in [3.63, 3.8) is 0 Å². The second kappa shape index (κ2) is 7.46. The third-order valence-electron chi connectivity index (χ3n) is 5.30. The summed E-state index contributed by atoms with van der Waals surface area (Å²) in [6.07, 6.45) is 6.09. The van der Waals surface area contributed by atoms with Gasteiger partial charge in [0.05, 0.1) is 19.0 Å². The number of carbonyl (C=O) groups excluding carboxylic acids is 1. The van der Waals surface area contributed by atoms with Gasteiger partial charge in [-0.15, -0.1) is 0 Å². The van der Waals surface area contributed by atoms with E-state index in [9.17, 15) is 9.59 Å². The Hall–Kier alpha value is -3.16. The van der Waals surface area contributed by atoms with E-state index in [-0.39, 0.29) is 24.1 Å². The molecule has 0 aliphatic carbocycles. The van der Waals surface area contributed by atoms with Crippen LogP contribution in [0, 0.1) is 0 Å². The highest BCUT2D eigenvalue weighted by molar-refractivity contribution is 5.78. The van der Waals surface area contributed by atoms with Crippen LogP contribution in [0.25, 0.3) is 16.7 Å². The molecular weight excluding hydrogens is 358 g/mol. The third kappa shape index (κ3) is 3.26. The van der Waals surface area contributed by atoms with Gasteiger partial charge >= 0.3 is 0 Å². The first kappa shape index (κ1) is 18.2. The standard InChI is InChI=1S/C20H23N5O3/c1-14-5-3-4-10-24(14)18(26)12-23-13-21-19-17(20(23)27)11-22-25(19)15-6-8-16(28-2)9-7-15/h6-9,11,13-14H,3-5,10,12H2,1-2H3/t14-/m1/s1. The van der Waals surface area contributed by atoms with E-state index < -0.39 is 0 Å². The number of rotatable bonds is 4. The average molecular weight is 381 g/mol. The zero-order chi connectivity index (χ0) is 19.7. The van der Waals surface area contributed by atoms with Crippen LogP contribution >= 0.6 is 0 Å². The molecule has 1 aliphatic rings. The van der Waals surface area contributed by atoms with Crippen LogP contribution in [-0.4, -0.2) is 49.8 Å². The molecule has 1 fully saturated rings. The Morgan fingerprint density at radius 3 is 2.75 bits per heavy atom. The van der Waals surface area contributed by atoms with Crippen LogP contribution in [0.3, 0.4) is 0 Å². The molecule has 8 nitrogen and oxygen atoms in total. The molecule has 4 rings (SSSR count). The summed E-state index contributed by atoms with van der Waals surface area (Å²) in [6, 6.07) is 7.55. The van der Waals surface area contributed by atoms with Crippen molar-refractivity contribution in [3.8, 4) is 11.4 Å². The molecule has 2 aromatic heterocycles. The molecule has 0 radical (unpaired) electrons. The van der Waals surface area contributed by atoms with Gasteiger partial charge in [-0.3, -0.25) is 14.2 Å². The summed E-state index contributed by atoms with van der Waals surface area (Å²) in [6.45, 7) is 2.81. The Morgan fingerprint density at radius 1 is 1.25 bits per heavy atom. The molecule has 3 heterocycles.